The Kier molecular flexibility index (Phi) is 5.73. The number of benzene rings is 2. The lowest BCUT2D eigenvalue weighted by Gasteiger charge is -2.10. The first-order valence-corrected chi connectivity index (χ1v) is 7.73. The van der Waals surface area contributed by atoms with Crippen molar-refractivity contribution < 1.29 is 9.47 Å². The minimum absolute atomic E-state index is 0.589. The van der Waals surface area contributed by atoms with Crippen LogP contribution in [0.3, 0.4) is 0 Å². The second-order valence-corrected chi connectivity index (χ2v) is 5.94. The highest BCUT2D eigenvalue weighted by Gasteiger charge is 2.00. The van der Waals surface area contributed by atoms with Gasteiger partial charge in [0.1, 0.15) is 18.1 Å². The molecule has 0 unspecified atom stereocenters. The Morgan fingerprint density at radius 1 is 1.00 bits per heavy atom. The fraction of sp³-hybridized carbons (Fsp3) is 0.200. The van der Waals surface area contributed by atoms with Crippen molar-refractivity contribution in [3.63, 3.8) is 0 Å². The van der Waals surface area contributed by atoms with Crippen LogP contribution in [0.2, 0.25) is 0 Å². The molecule has 2 aromatic rings. The first-order valence-electron chi connectivity index (χ1n) is 6.14. The van der Waals surface area contributed by atoms with Crippen LogP contribution in [-0.2, 0) is 0 Å². The van der Waals surface area contributed by atoms with Crippen molar-refractivity contribution in [1.29, 1.82) is 0 Å². The van der Waals surface area contributed by atoms with Crippen LogP contribution in [0.4, 0.5) is 5.69 Å². The van der Waals surface area contributed by atoms with E-state index in [0.717, 1.165) is 26.1 Å². The molecule has 3 nitrogen and oxygen atoms in total. The predicted octanol–water partition coefficient (Wildman–Crippen LogP) is 4.71. The van der Waals surface area contributed by atoms with Gasteiger partial charge in [0.2, 0.25) is 0 Å². The molecule has 0 amide bonds. The van der Waals surface area contributed by atoms with E-state index in [9.17, 15) is 0 Å². The van der Waals surface area contributed by atoms with Crippen molar-refractivity contribution in [1.82, 2.24) is 0 Å². The maximum atomic E-state index is 5.66. The largest absolute Gasteiger partial charge is 0.497 e. The lowest BCUT2D eigenvalue weighted by atomic mass is 10.3. The van der Waals surface area contributed by atoms with Crippen LogP contribution in [0.15, 0.2) is 51.4 Å². The number of hydrogen-bond acceptors (Lipinski definition) is 3. The Morgan fingerprint density at radius 2 is 1.80 bits per heavy atom. The number of nitrogens with one attached hydrogen (secondary N) is 1. The normalized spacial score (nSPS) is 10.2. The van der Waals surface area contributed by atoms with Crippen LogP contribution >= 0.6 is 31.9 Å². The quantitative estimate of drug-likeness (QED) is 0.712. The molecule has 0 saturated heterocycles. The Balaban J connectivity index is 1.82. The first kappa shape index (κ1) is 15.2. The standard InChI is InChI=1S/C15H15Br2NO2/c1-19-15-9-12(17)7-13(10-15)18-5-6-20-14-4-2-3-11(16)8-14/h2-4,7-10,18H,5-6H2,1H3. The molecule has 0 heterocycles. The van der Waals surface area contributed by atoms with E-state index in [2.05, 4.69) is 37.2 Å². The average Bonchev–Trinajstić information content (AvgIpc) is 2.43. The smallest absolute Gasteiger partial charge is 0.122 e. The maximum absolute atomic E-state index is 5.66. The first-order chi connectivity index (χ1) is 9.67. The summed E-state index contributed by atoms with van der Waals surface area (Å²) in [5.74, 6) is 1.67. The number of anilines is 1. The summed E-state index contributed by atoms with van der Waals surface area (Å²) in [6.07, 6.45) is 0. The van der Waals surface area contributed by atoms with Crippen LogP contribution in [0.1, 0.15) is 0 Å². The summed E-state index contributed by atoms with van der Waals surface area (Å²) >= 11 is 6.87. The van der Waals surface area contributed by atoms with Gasteiger partial charge in [-0.3, -0.25) is 0 Å². The van der Waals surface area contributed by atoms with Crippen molar-refractivity contribution in [3.8, 4) is 11.5 Å². The van der Waals surface area contributed by atoms with Gasteiger partial charge in [-0.25, -0.2) is 0 Å². The molecule has 2 rings (SSSR count). The third kappa shape index (κ3) is 4.72. The van der Waals surface area contributed by atoms with Gasteiger partial charge in [0.15, 0.2) is 0 Å². The van der Waals surface area contributed by atoms with Gasteiger partial charge in [0.25, 0.3) is 0 Å². The highest BCUT2D eigenvalue weighted by Crippen LogP contribution is 2.24. The molecule has 1 N–H and O–H groups in total. The van der Waals surface area contributed by atoms with Crippen molar-refractivity contribution in [3.05, 3.63) is 51.4 Å². The third-order valence-corrected chi connectivity index (χ3v) is 3.55. The zero-order valence-corrected chi connectivity index (χ0v) is 14.2. The number of ether oxygens (including phenoxy) is 2. The van der Waals surface area contributed by atoms with Gasteiger partial charge in [-0.05, 0) is 30.3 Å². The molecule has 5 heteroatoms. The number of methoxy groups -OCH3 is 1. The van der Waals surface area contributed by atoms with Crippen LogP contribution in [0.5, 0.6) is 11.5 Å². The fourth-order valence-corrected chi connectivity index (χ4v) is 2.55. The van der Waals surface area contributed by atoms with Crippen molar-refractivity contribution in [2.45, 2.75) is 0 Å². The molecular formula is C15H15Br2NO2. The molecule has 0 aromatic heterocycles. The van der Waals surface area contributed by atoms with Crippen LogP contribution in [-0.4, -0.2) is 20.3 Å². The lowest BCUT2D eigenvalue weighted by Crippen LogP contribution is -2.11. The summed E-state index contributed by atoms with van der Waals surface area (Å²) < 4.78 is 12.9. The minimum atomic E-state index is 0.589. The molecule has 0 spiro atoms. The van der Waals surface area contributed by atoms with Crippen LogP contribution in [0, 0.1) is 0 Å². The second-order valence-electron chi connectivity index (χ2n) is 4.11. The molecule has 0 bridgehead atoms. The van der Waals surface area contributed by atoms with E-state index in [0.29, 0.717) is 13.2 Å². The van der Waals surface area contributed by atoms with Gasteiger partial charge in [0, 0.05) is 27.2 Å². The molecule has 0 saturated carbocycles. The number of rotatable bonds is 6. The molecule has 106 valence electrons. The summed E-state index contributed by atoms with van der Waals surface area (Å²) in [4.78, 5) is 0. The van der Waals surface area contributed by atoms with Gasteiger partial charge in [0.05, 0.1) is 7.11 Å². The van der Waals surface area contributed by atoms with Crippen LogP contribution < -0.4 is 14.8 Å². The molecule has 0 aliphatic carbocycles. The molecule has 0 aliphatic rings. The van der Waals surface area contributed by atoms with E-state index in [-0.39, 0.29) is 0 Å². The van der Waals surface area contributed by atoms with Gasteiger partial charge in [-0.2, -0.15) is 0 Å². The molecule has 0 atom stereocenters. The van der Waals surface area contributed by atoms with Crippen molar-refractivity contribution in [2.24, 2.45) is 0 Å². The predicted molar refractivity (Wildman–Crippen MR) is 88.8 cm³/mol. The van der Waals surface area contributed by atoms with E-state index in [1.54, 1.807) is 7.11 Å². The zero-order chi connectivity index (χ0) is 14.4. The van der Waals surface area contributed by atoms with Crippen LogP contribution in [0.25, 0.3) is 0 Å². The summed E-state index contributed by atoms with van der Waals surface area (Å²) in [5.41, 5.74) is 0.995. The highest BCUT2D eigenvalue weighted by atomic mass is 79.9. The topological polar surface area (TPSA) is 30.5 Å². The van der Waals surface area contributed by atoms with E-state index < -0.39 is 0 Å². The SMILES string of the molecule is COc1cc(Br)cc(NCCOc2cccc(Br)c2)c1. The maximum Gasteiger partial charge on any atom is 0.122 e. The Morgan fingerprint density at radius 3 is 2.55 bits per heavy atom. The lowest BCUT2D eigenvalue weighted by molar-refractivity contribution is 0.332. The molecule has 2 aromatic carbocycles. The van der Waals surface area contributed by atoms with Gasteiger partial charge in [-0.15, -0.1) is 0 Å². The molecule has 0 radical (unpaired) electrons. The second kappa shape index (κ2) is 7.55. The third-order valence-electron chi connectivity index (χ3n) is 2.60. The summed E-state index contributed by atoms with van der Waals surface area (Å²) in [6.45, 7) is 1.30. The Bertz CT molecular complexity index is 576. The van der Waals surface area contributed by atoms with Gasteiger partial charge in [-0.1, -0.05) is 37.9 Å². The van der Waals surface area contributed by atoms with E-state index in [1.807, 2.05) is 42.5 Å². The summed E-state index contributed by atoms with van der Waals surface area (Å²) in [5, 5.41) is 3.30. The zero-order valence-electron chi connectivity index (χ0n) is 11.0. The Labute approximate surface area is 135 Å². The highest BCUT2D eigenvalue weighted by molar-refractivity contribution is 9.10. The Hall–Kier alpha value is -1.20. The van der Waals surface area contributed by atoms with Crippen molar-refractivity contribution in [2.75, 3.05) is 25.6 Å². The number of halogens is 2. The fourth-order valence-electron chi connectivity index (χ4n) is 1.70. The van der Waals surface area contributed by atoms with Gasteiger partial charge < -0.3 is 14.8 Å². The molecule has 20 heavy (non-hydrogen) atoms. The summed E-state index contributed by atoms with van der Waals surface area (Å²) in [7, 11) is 1.65. The average molecular weight is 401 g/mol. The van der Waals surface area contributed by atoms with E-state index in [4.69, 9.17) is 9.47 Å². The van der Waals surface area contributed by atoms with Gasteiger partial charge >= 0.3 is 0 Å². The molecule has 0 fully saturated rings. The van der Waals surface area contributed by atoms with Crippen molar-refractivity contribution >= 4 is 37.5 Å². The summed E-state index contributed by atoms with van der Waals surface area (Å²) in [6, 6.07) is 13.7. The van der Waals surface area contributed by atoms with E-state index >= 15 is 0 Å². The number of hydrogen-bond donors (Lipinski definition) is 1. The minimum Gasteiger partial charge on any atom is -0.497 e. The monoisotopic (exact) mass is 399 g/mol. The molecule has 0 aliphatic heterocycles. The molecular weight excluding hydrogens is 386 g/mol. The van der Waals surface area contributed by atoms with E-state index in [1.165, 1.54) is 0 Å².